The summed E-state index contributed by atoms with van der Waals surface area (Å²) >= 11 is 0. The number of furan rings is 1. The summed E-state index contributed by atoms with van der Waals surface area (Å²) in [6, 6.07) is 16.0. The quantitative estimate of drug-likeness (QED) is 0.436. The number of nitrogens with zero attached hydrogens (tertiary/aromatic N) is 1. The maximum atomic E-state index is 11.2. The summed E-state index contributed by atoms with van der Waals surface area (Å²) in [6.45, 7) is 0.149. The lowest BCUT2D eigenvalue weighted by atomic mass is 9.92. The SMILES string of the molecule is COc1cccc([C@@H]2Oc3ccc(OC)cc3/C(=N/OC[C@@H](O)COCc3ccco3)[C@@H]2O)c1. The van der Waals surface area contributed by atoms with Crippen molar-refractivity contribution in [3.8, 4) is 17.2 Å². The van der Waals surface area contributed by atoms with E-state index in [2.05, 4.69) is 5.16 Å². The van der Waals surface area contributed by atoms with E-state index in [1.165, 1.54) is 0 Å². The van der Waals surface area contributed by atoms with Crippen LogP contribution in [0.3, 0.4) is 0 Å². The van der Waals surface area contributed by atoms with Gasteiger partial charge in [-0.15, -0.1) is 0 Å². The molecule has 1 aliphatic heterocycles. The molecule has 9 heteroatoms. The molecule has 2 aromatic carbocycles. The van der Waals surface area contributed by atoms with Crippen LogP contribution in [-0.4, -0.2) is 55.6 Å². The van der Waals surface area contributed by atoms with Gasteiger partial charge in [0.2, 0.25) is 0 Å². The summed E-state index contributed by atoms with van der Waals surface area (Å²) in [5.74, 6) is 2.39. The highest BCUT2D eigenvalue weighted by atomic mass is 16.6. The maximum absolute atomic E-state index is 11.2. The second-order valence-corrected chi connectivity index (χ2v) is 7.64. The van der Waals surface area contributed by atoms with Crippen LogP contribution in [0.1, 0.15) is 23.0 Å². The molecule has 34 heavy (non-hydrogen) atoms. The normalized spacial score (nSPS) is 19.2. The highest BCUT2D eigenvalue weighted by Crippen LogP contribution is 2.38. The molecule has 0 aliphatic carbocycles. The fourth-order valence-corrected chi connectivity index (χ4v) is 3.55. The Kier molecular flexibility index (Phi) is 7.69. The molecule has 9 nitrogen and oxygen atoms in total. The molecule has 180 valence electrons. The standard InChI is InChI=1S/C25H27NO8/c1-29-18-6-3-5-16(11-18)25-24(28)23(21-12-19(30-2)8-9-22(21)34-25)26-33-14-17(27)13-31-15-20-7-4-10-32-20/h3-12,17,24-25,27-28H,13-15H2,1-2H3/b26-23-/t17-,24-,25-/m0/s1. The molecule has 4 rings (SSSR count). The van der Waals surface area contributed by atoms with Gasteiger partial charge in [-0.3, -0.25) is 0 Å². The molecule has 3 atom stereocenters. The van der Waals surface area contributed by atoms with E-state index in [0.29, 0.717) is 34.1 Å². The van der Waals surface area contributed by atoms with Crippen molar-refractivity contribution in [3.63, 3.8) is 0 Å². The molecule has 2 heterocycles. The number of benzene rings is 2. The van der Waals surface area contributed by atoms with Gasteiger partial charge in [-0.2, -0.15) is 0 Å². The van der Waals surface area contributed by atoms with Crippen LogP contribution >= 0.6 is 0 Å². The molecule has 2 N–H and O–H groups in total. The Morgan fingerprint density at radius 1 is 1.00 bits per heavy atom. The summed E-state index contributed by atoms with van der Waals surface area (Å²) in [5, 5.41) is 25.5. The number of methoxy groups -OCH3 is 2. The summed E-state index contributed by atoms with van der Waals surface area (Å²) in [6.07, 6.45) is -1.24. The van der Waals surface area contributed by atoms with Crippen molar-refractivity contribution < 1.29 is 38.4 Å². The molecule has 0 saturated heterocycles. The molecule has 0 saturated carbocycles. The van der Waals surface area contributed by atoms with Crippen LogP contribution in [-0.2, 0) is 16.2 Å². The van der Waals surface area contributed by atoms with Gasteiger partial charge in [0.25, 0.3) is 0 Å². The minimum absolute atomic E-state index is 0.0358. The van der Waals surface area contributed by atoms with Gasteiger partial charge in [0, 0.05) is 5.56 Å². The molecule has 0 spiro atoms. The molecule has 0 fully saturated rings. The molecule has 0 unspecified atom stereocenters. The smallest absolute Gasteiger partial charge is 0.156 e. The molecule has 1 aliphatic rings. The van der Waals surface area contributed by atoms with E-state index in [4.69, 9.17) is 28.2 Å². The van der Waals surface area contributed by atoms with E-state index >= 15 is 0 Å². The van der Waals surface area contributed by atoms with Gasteiger partial charge in [0.15, 0.2) is 6.10 Å². The lowest BCUT2D eigenvalue weighted by Crippen LogP contribution is -2.37. The van der Waals surface area contributed by atoms with Gasteiger partial charge in [-0.05, 0) is 48.0 Å². The van der Waals surface area contributed by atoms with Gasteiger partial charge >= 0.3 is 0 Å². The Bertz CT molecular complexity index is 1100. The zero-order valence-electron chi connectivity index (χ0n) is 18.9. The van der Waals surface area contributed by atoms with Crippen molar-refractivity contribution in [1.82, 2.24) is 0 Å². The average molecular weight is 469 g/mol. The van der Waals surface area contributed by atoms with Crippen molar-refractivity contribution >= 4 is 5.71 Å². The third-order valence-electron chi connectivity index (χ3n) is 5.27. The second kappa shape index (κ2) is 11.1. The Balaban J connectivity index is 1.49. The number of oxime groups is 1. The number of aliphatic hydroxyl groups is 2. The molecular weight excluding hydrogens is 442 g/mol. The van der Waals surface area contributed by atoms with Crippen LogP contribution in [0.2, 0.25) is 0 Å². The maximum Gasteiger partial charge on any atom is 0.156 e. The van der Waals surface area contributed by atoms with Gasteiger partial charge in [-0.1, -0.05) is 17.3 Å². The minimum Gasteiger partial charge on any atom is -0.497 e. The van der Waals surface area contributed by atoms with Crippen molar-refractivity contribution in [3.05, 3.63) is 77.7 Å². The number of rotatable bonds is 10. The topological polar surface area (TPSA) is 112 Å². The Morgan fingerprint density at radius 3 is 2.59 bits per heavy atom. The van der Waals surface area contributed by atoms with Crippen LogP contribution in [0, 0.1) is 0 Å². The predicted molar refractivity (Wildman–Crippen MR) is 122 cm³/mol. The summed E-state index contributed by atoms with van der Waals surface area (Å²) in [4.78, 5) is 5.41. The third-order valence-corrected chi connectivity index (χ3v) is 5.27. The fraction of sp³-hybridized carbons (Fsp3) is 0.320. The molecule has 0 amide bonds. The first-order chi connectivity index (χ1) is 16.6. The minimum atomic E-state index is -1.14. The van der Waals surface area contributed by atoms with Crippen LogP contribution in [0.5, 0.6) is 17.2 Å². The largest absolute Gasteiger partial charge is 0.497 e. The molecule has 3 aromatic rings. The van der Waals surface area contributed by atoms with E-state index in [-0.39, 0.29) is 25.5 Å². The number of aliphatic hydroxyl groups excluding tert-OH is 2. The molecular formula is C25H27NO8. The number of hydrogen-bond donors (Lipinski definition) is 2. The number of fused-ring (bicyclic) bond motifs is 1. The van der Waals surface area contributed by atoms with Crippen molar-refractivity contribution in [2.75, 3.05) is 27.4 Å². The number of ether oxygens (including phenoxy) is 4. The number of hydrogen-bond acceptors (Lipinski definition) is 9. The Labute approximate surface area is 197 Å². The molecule has 0 bridgehead atoms. The van der Waals surface area contributed by atoms with Crippen LogP contribution in [0.4, 0.5) is 0 Å². The zero-order chi connectivity index (χ0) is 23.9. The Morgan fingerprint density at radius 2 is 1.82 bits per heavy atom. The van der Waals surface area contributed by atoms with Gasteiger partial charge in [0.1, 0.15) is 54.1 Å². The van der Waals surface area contributed by atoms with Gasteiger partial charge in [0.05, 0.1) is 27.1 Å². The molecule has 0 radical (unpaired) electrons. The van der Waals surface area contributed by atoms with Crippen molar-refractivity contribution in [1.29, 1.82) is 0 Å². The van der Waals surface area contributed by atoms with Gasteiger partial charge < -0.3 is 38.4 Å². The van der Waals surface area contributed by atoms with E-state index in [0.717, 1.165) is 0 Å². The van der Waals surface area contributed by atoms with E-state index in [1.807, 2.05) is 18.2 Å². The van der Waals surface area contributed by atoms with Crippen molar-refractivity contribution in [2.24, 2.45) is 5.16 Å². The summed E-state index contributed by atoms with van der Waals surface area (Å²) in [7, 11) is 3.12. The monoisotopic (exact) mass is 469 g/mol. The summed E-state index contributed by atoms with van der Waals surface area (Å²) < 4.78 is 27.3. The Hall–Kier alpha value is -3.53. The lowest BCUT2D eigenvalue weighted by molar-refractivity contribution is -0.0265. The van der Waals surface area contributed by atoms with E-state index in [1.54, 1.807) is 56.9 Å². The first-order valence-electron chi connectivity index (χ1n) is 10.7. The van der Waals surface area contributed by atoms with Crippen molar-refractivity contribution in [2.45, 2.75) is 24.9 Å². The van der Waals surface area contributed by atoms with Crippen LogP contribution in [0.25, 0.3) is 0 Å². The summed E-state index contributed by atoms with van der Waals surface area (Å²) in [5.41, 5.74) is 1.51. The molecule has 1 aromatic heterocycles. The highest BCUT2D eigenvalue weighted by molar-refractivity contribution is 6.07. The zero-order valence-corrected chi connectivity index (χ0v) is 18.9. The van der Waals surface area contributed by atoms with Crippen LogP contribution < -0.4 is 14.2 Å². The average Bonchev–Trinajstić information content (AvgIpc) is 3.38. The fourth-order valence-electron chi connectivity index (χ4n) is 3.55. The highest BCUT2D eigenvalue weighted by Gasteiger charge is 2.36. The first kappa shape index (κ1) is 23.6. The van der Waals surface area contributed by atoms with E-state index < -0.39 is 18.3 Å². The predicted octanol–water partition coefficient (Wildman–Crippen LogP) is 3.09. The second-order valence-electron chi connectivity index (χ2n) is 7.64. The first-order valence-corrected chi connectivity index (χ1v) is 10.7. The van der Waals surface area contributed by atoms with Crippen LogP contribution in [0.15, 0.2) is 70.4 Å². The van der Waals surface area contributed by atoms with Gasteiger partial charge in [-0.25, -0.2) is 0 Å². The lowest BCUT2D eigenvalue weighted by Gasteiger charge is -2.32. The third kappa shape index (κ3) is 5.51. The van der Waals surface area contributed by atoms with E-state index in [9.17, 15) is 10.2 Å².